The van der Waals surface area contributed by atoms with E-state index in [0.717, 1.165) is 12.8 Å². The maximum absolute atomic E-state index is 12.3. The van der Waals surface area contributed by atoms with Crippen molar-refractivity contribution in [3.05, 3.63) is 35.9 Å². The zero-order chi connectivity index (χ0) is 17.6. The van der Waals surface area contributed by atoms with E-state index in [4.69, 9.17) is 4.74 Å². The molecule has 1 unspecified atom stereocenters. The molecule has 0 radical (unpaired) electrons. The molecule has 24 heavy (non-hydrogen) atoms. The van der Waals surface area contributed by atoms with Crippen molar-refractivity contribution in [3.63, 3.8) is 0 Å². The average molecular weight is 333 g/mol. The van der Waals surface area contributed by atoms with Crippen LogP contribution in [0.25, 0.3) is 0 Å². The Kier molecular flexibility index (Phi) is 10.6. The van der Waals surface area contributed by atoms with Crippen LogP contribution in [0.15, 0.2) is 30.3 Å². The largest absolute Gasteiger partial charge is 0.447 e. The highest BCUT2D eigenvalue weighted by molar-refractivity contribution is 5.84. The van der Waals surface area contributed by atoms with Gasteiger partial charge in [0.25, 0.3) is 5.91 Å². The van der Waals surface area contributed by atoms with Crippen molar-refractivity contribution in [1.29, 1.82) is 0 Å². The lowest BCUT2D eigenvalue weighted by Crippen LogP contribution is -2.32. The highest BCUT2D eigenvalue weighted by atomic mass is 16.5. The number of benzene rings is 1. The molecule has 1 N–H and O–H groups in total. The Hall–Kier alpha value is -1.84. The van der Waals surface area contributed by atoms with E-state index in [2.05, 4.69) is 12.2 Å². The van der Waals surface area contributed by atoms with Crippen LogP contribution in [-0.2, 0) is 14.3 Å². The topological polar surface area (TPSA) is 55.4 Å². The predicted molar refractivity (Wildman–Crippen MR) is 96.6 cm³/mol. The molecule has 0 aliphatic heterocycles. The standard InChI is InChI=1S/C20H31NO3/c1-3-4-5-6-7-8-9-13-16-21-20(23)19(24-17(2)22)18-14-11-10-12-15-18/h10-12,14-15,19H,3-9,13,16H2,1-2H3,(H,21,23). The minimum Gasteiger partial charge on any atom is -0.447 e. The fourth-order valence-corrected chi connectivity index (χ4v) is 2.63. The summed E-state index contributed by atoms with van der Waals surface area (Å²) in [6.07, 6.45) is 8.94. The van der Waals surface area contributed by atoms with Gasteiger partial charge in [-0.25, -0.2) is 0 Å². The summed E-state index contributed by atoms with van der Waals surface area (Å²) in [5.74, 6) is -0.703. The smallest absolute Gasteiger partial charge is 0.303 e. The van der Waals surface area contributed by atoms with Crippen molar-refractivity contribution in [2.45, 2.75) is 71.3 Å². The number of nitrogens with one attached hydrogen (secondary N) is 1. The number of esters is 1. The molecule has 134 valence electrons. The van der Waals surface area contributed by atoms with Crippen LogP contribution in [-0.4, -0.2) is 18.4 Å². The second-order valence-electron chi connectivity index (χ2n) is 6.17. The van der Waals surface area contributed by atoms with Gasteiger partial charge in [-0.1, -0.05) is 82.2 Å². The Morgan fingerprint density at radius 2 is 1.54 bits per heavy atom. The molecule has 0 spiro atoms. The summed E-state index contributed by atoms with van der Waals surface area (Å²) in [5.41, 5.74) is 0.695. The number of amides is 1. The molecule has 1 atom stereocenters. The zero-order valence-electron chi connectivity index (χ0n) is 15.1. The summed E-state index contributed by atoms with van der Waals surface area (Å²) in [5, 5.41) is 2.88. The van der Waals surface area contributed by atoms with Gasteiger partial charge in [-0.15, -0.1) is 0 Å². The summed E-state index contributed by atoms with van der Waals surface area (Å²) >= 11 is 0. The lowest BCUT2D eigenvalue weighted by Gasteiger charge is -2.17. The van der Waals surface area contributed by atoms with Crippen LogP contribution in [0.3, 0.4) is 0 Å². The van der Waals surface area contributed by atoms with E-state index in [-0.39, 0.29) is 5.91 Å². The first kappa shape index (κ1) is 20.2. The molecular formula is C20H31NO3. The molecule has 0 aliphatic rings. The van der Waals surface area contributed by atoms with Crippen LogP contribution in [0.4, 0.5) is 0 Å². The van der Waals surface area contributed by atoms with E-state index >= 15 is 0 Å². The van der Waals surface area contributed by atoms with E-state index in [1.54, 1.807) is 12.1 Å². The Morgan fingerprint density at radius 1 is 0.958 bits per heavy atom. The van der Waals surface area contributed by atoms with Crippen molar-refractivity contribution in [2.75, 3.05) is 6.54 Å². The van der Waals surface area contributed by atoms with Gasteiger partial charge in [0, 0.05) is 19.0 Å². The molecule has 1 amide bonds. The Morgan fingerprint density at radius 3 is 2.12 bits per heavy atom. The van der Waals surface area contributed by atoms with Crippen molar-refractivity contribution < 1.29 is 14.3 Å². The Balaban J connectivity index is 2.27. The number of hydrogen-bond donors (Lipinski definition) is 1. The summed E-state index contributed by atoms with van der Waals surface area (Å²) in [6, 6.07) is 9.12. The number of carbonyl (C=O) groups is 2. The van der Waals surface area contributed by atoms with Crippen LogP contribution in [0, 0.1) is 0 Å². The van der Waals surface area contributed by atoms with E-state index < -0.39 is 12.1 Å². The number of carbonyl (C=O) groups excluding carboxylic acids is 2. The number of rotatable bonds is 12. The van der Waals surface area contributed by atoms with Gasteiger partial charge < -0.3 is 10.1 Å². The van der Waals surface area contributed by atoms with Gasteiger partial charge in [0.1, 0.15) is 0 Å². The molecule has 0 heterocycles. The monoisotopic (exact) mass is 333 g/mol. The lowest BCUT2D eigenvalue weighted by molar-refractivity contribution is -0.154. The Labute approximate surface area is 146 Å². The molecule has 1 rings (SSSR count). The minimum absolute atomic E-state index is 0.251. The van der Waals surface area contributed by atoms with Gasteiger partial charge in [0.05, 0.1) is 0 Å². The molecule has 0 aromatic heterocycles. The highest BCUT2D eigenvalue weighted by Crippen LogP contribution is 2.17. The highest BCUT2D eigenvalue weighted by Gasteiger charge is 2.22. The van der Waals surface area contributed by atoms with Gasteiger partial charge in [-0.05, 0) is 6.42 Å². The average Bonchev–Trinajstić information content (AvgIpc) is 2.58. The molecule has 4 nitrogen and oxygen atoms in total. The van der Waals surface area contributed by atoms with Crippen LogP contribution in [0.2, 0.25) is 0 Å². The van der Waals surface area contributed by atoms with Crippen molar-refractivity contribution in [3.8, 4) is 0 Å². The minimum atomic E-state index is -0.863. The zero-order valence-corrected chi connectivity index (χ0v) is 15.1. The van der Waals surface area contributed by atoms with Crippen LogP contribution < -0.4 is 5.32 Å². The predicted octanol–water partition coefficient (Wildman–Crippen LogP) is 4.55. The summed E-state index contributed by atoms with van der Waals surface area (Å²) in [7, 11) is 0. The molecule has 1 aromatic rings. The van der Waals surface area contributed by atoms with E-state index in [0.29, 0.717) is 12.1 Å². The molecule has 0 fully saturated rings. The van der Waals surface area contributed by atoms with Gasteiger partial charge in [0.15, 0.2) is 0 Å². The SMILES string of the molecule is CCCCCCCCCCNC(=O)C(OC(C)=O)c1ccccc1. The maximum Gasteiger partial charge on any atom is 0.303 e. The van der Waals surface area contributed by atoms with Gasteiger partial charge in [-0.3, -0.25) is 9.59 Å². The lowest BCUT2D eigenvalue weighted by atomic mass is 10.1. The van der Waals surface area contributed by atoms with Crippen molar-refractivity contribution >= 4 is 11.9 Å². The van der Waals surface area contributed by atoms with Crippen molar-refractivity contribution in [1.82, 2.24) is 5.32 Å². The quantitative estimate of drug-likeness (QED) is 0.451. The van der Waals surface area contributed by atoms with E-state index in [9.17, 15) is 9.59 Å². The second kappa shape index (κ2) is 12.6. The third-order valence-corrected chi connectivity index (χ3v) is 3.95. The molecule has 0 saturated heterocycles. The number of hydrogen-bond acceptors (Lipinski definition) is 3. The summed E-state index contributed by atoms with van der Waals surface area (Å²) < 4.78 is 5.18. The normalized spacial score (nSPS) is 11.8. The maximum atomic E-state index is 12.3. The van der Waals surface area contributed by atoms with Crippen molar-refractivity contribution in [2.24, 2.45) is 0 Å². The van der Waals surface area contributed by atoms with Crippen LogP contribution >= 0.6 is 0 Å². The van der Waals surface area contributed by atoms with Gasteiger partial charge >= 0.3 is 5.97 Å². The summed E-state index contributed by atoms with van der Waals surface area (Å²) in [6.45, 7) is 4.17. The third-order valence-electron chi connectivity index (χ3n) is 3.95. The first-order valence-electron chi connectivity index (χ1n) is 9.15. The first-order valence-corrected chi connectivity index (χ1v) is 9.15. The molecule has 1 aromatic carbocycles. The van der Waals surface area contributed by atoms with Gasteiger partial charge in [-0.2, -0.15) is 0 Å². The third kappa shape index (κ3) is 8.70. The second-order valence-corrected chi connectivity index (χ2v) is 6.17. The molecular weight excluding hydrogens is 302 g/mol. The first-order chi connectivity index (χ1) is 11.6. The molecule has 0 aliphatic carbocycles. The fraction of sp³-hybridized carbons (Fsp3) is 0.600. The van der Waals surface area contributed by atoms with E-state index in [1.807, 2.05) is 18.2 Å². The van der Waals surface area contributed by atoms with E-state index in [1.165, 1.54) is 45.4 Å². The summed E-state index contributed by atoms with van der Waals surface area (Å²) in [4.78, 5) is 23.6. The molecule has 0 bridgehead atoms. The van der Waals surface area contributed by atoms with Gasteiger partial charge in [0.2, 0.25) is 6.10 Å². The fourth-order valence-electron chi connectivity index (χ4n) is 2.63. The number of unbranched alkanes of at least 4 members (excludes halogenated alkanes) is 7. The molecule has 4 heteroatoms. The Bertz CT molecular complexity index is 473. The molecule has 0 saturated carbocycles. The van der Waals surface area contributed by atoms with Crippen LogP contribution in [0.1, 0.15) is 76.9 Å². The van der Waals surface area contributed by atoms with Crippen LogP contribution in [0.5, 0.6) is 0 Å². The number of ether oxygens (including phenoxy) is 1.